The summed E-state index contributed by atoms with van der Waals surface area (Å²) in [4.78, 5) is 8.63. The van der Waals surface area contributed by atoms with E-state index in [2.05, 4.69) is 56.9 Å². The van der Waals surface area contributed by atoms with Crippen molar-refractivity contribution in [3.05, 3.63) is 47.0 Å². The van der Waals surface area contributed by atoms with Gasteiger partial charge in [-0.2, -0.15) is 0 Å². The van der Waals surface area contributed by atoms with E-state index in [1.165, 1.54) is 36.0 Å². The molecule has 0 amide bonds. The van der Waals surface area contributed by atoms with Crippen molar-refractivity contribution in [3.63, 3.8) is 0 Å². The van der Waals surface area contributed by atoms with Gasteiger partial charge in [-0.15, -0.1) is 0 Å². The molecule has 3 heteroatoms. The number of fused-ring (bicyclic) bond motifs is 5. The number of hydrogen-bond donors (Lipinski definition) is 2. The minimum atomic E-state index is 0.200. The second-order valence-corrected chi connectivity index (χ2v) is 10.4. The molecule has 3 N–H and O–H groups in total. The molecule has 2 aromatic carbocycles. The van der Waals surface area contributed by atoms with Crippen molar-refractivity contribution in [2.45, 2.75) is 63.2 Å². The summed E-state index contributed by atoms with van der Waals surface area (Å²) in [6.07, 6.45) is 3.70. The molecule has 0 saturated heterocycles. The molecular weight excluding hydrogens is 330 g/mol. The van der Waals surface area contributed by atoms with E-state index in [1.54, 1.807) is 0 Å². The molecule has 0 radical (unpaired) electrons. The van der Waals surface area contributed by atoms with Crippen LogP contribution >= 0.6 is 0 Å². The van der Waals surface area contributed by atoms with Crippen molar-refractivity contribution in [1.82, 2.24) is 9.97 Å². The van der Waals surface area contributed by atoms with Gasteiger partial charge in [-0.3, -0.25) is 0 Å². The number of rotatable bonds is 0. The maximum absolute atomic E-state index is 6.48. The van der Waals surface area contributed by atoms with Crippen LogP contribution < -0.4 is 5.73 Å². The monoisotopic (exact) mass is 357 g/mol. The molecular formula is C24H27N3. The third-order valence-electron chi connectivity index (χ3n) is 7.89. The number of nitrogen functional groups attached to an aromatic ring is 1. The second kappa shape index (κ2) is 4.40. The normalized spacial score (nSPS) is 32.4. The average molecular weight is 358 g/mol. The molecule has 1 fully saturated rings. The molecule has 6 rings (SSSR count). The molecule has 3 aliphatic rings. The van der Waals surface area contributed by atoms with Gasteiger partial charge in [0.15, 0.2) is 0 Å². The highest BCUT2D eigenvalue weighted by molar-refractivity contribution is 5.86. The first-order valence-corrected chi connectivity index (χ1v) is 10.2. The van der Waals surface area contributed by atoms with E-state index < -0.39 is 0 Å². The van der Waals surface area contributed by atoms with Gasteiger partial charge in [0.1, 0.15) is 5.82 Å². The zero-order valence-corrected chi connectivity index (χ0v) is 16.6. The van der Waals surface area contributed by atoms with E-state index in [-0.39, 0.29) is 16.2 Å². The fourth-order valence-corrected chi connectivity index (χ4v) is 6.52. The zero-order valence-electron chi connectivity index (χ0n) is 16.6. The number of imidazole rings is 1. The number of nitrogens with two attached hydrogens (primary N) is 1. The first-order chi connectivity index (χ1) is 12.7. The molecule has 0 spiro atoms. The molecule has 3 bridgehead atoms. The van der Waals surface area contributed by atoms with Gasteiger partial charge >= 0.3 is 0 Å². The number of H-pyrrole nitrogens is 1. The standard InChI is InChI=1S/C24H27N3/c1-22(2)12-23(3)10-13-11-24(13,4)14-6-5-7-17(25)20(14)21-26-18-8-15(22)16(23)9-19(18)27-21/h5-9,13H,10-12,25H2,1-4H3,(H,26,27). The molecule has 1 aliphatic heterocycles. The summed E-state index contributed by atoms with van der Waals surface area (Å²) in [7, 11) is 0. The highest BCUT2D eigenvalue weighted by Gasteiger charge is 2.57. The summed E-state index contributed by atoms with van der Waals surface area (Å²) in [5, 5.41) is 0. The van der Waals surface area contributed by atoms with Crippen LogP contribution in [0.1, 0.15) is 63.6 Å². The predicted octanol–water partition coefficient (Wildman–Crippen LogP) is 5.43. The van der Waals surface area contributed by atoms with Gasteiger partial charge in [-0.05, 0) is 76.3 Å². The van der Waals surface area contributed by atoms with Gasteiger partial charge < -0.3 is 10.7 Å². The lowest BCUT2D eigenvalue weighted by Crippen LogP contribution is -2.24. The van der Waals surface area contributed by atoms with Crippen molar-refractivity contribution >= 4 is 16.7 Å². The molecule has 1 saturated carbocycles. The number of hydrogen-bond acceptors (Lipinski definition) is 2. The third kappa shape index (κ3) is 1.85. The fourth-order valence-electron chi connectivity index (χ4n) is 6.52. The number of aromatic nitrogens is 2. The van der Waals surface area contributed by atoms with Crippen LogP contribution in [0.5, 0.6) is 0 Å². The highest BCUT2D eigenvalue weighted by Crippen LogP contribution is 2.64. The Labute approximate surface area is 160 Å². The molecule has 3 aromatic rings. The lowest BCUT2D eigenvalue weighted by molar-refractivity contribution is 0.331. The predicted molar refractivity (Wildman–Crippen MR) is 111 cm³/mol. The minimum absolute atomic E-state index is 0.200. The molecule has 138 valence electrons. The van der Waals surface area contributed by atoms with Crippen LogP contribution in [-0.4, -0.2) is 9.97 Å². The minimum Gasteiger partial charge on any atom is -0.398 e. The summed E-state index contributed by atoms with van der Waals surface area (Å²) in [5.74, 6) is 1.63. The Morgan fingerprint density at radius 3 is 2.67 bits per heavy atom. The van der Waals surface area contributed by atoms with E-state index >= 15 is 0 Å². The van der Waals surface area contributed by atoms with Crippen molar-refractivity contribution in [2.75, 3.05) is 5.73 Å². The smallest absolute Gasteiger partial charge is 0.140 e. The number of nitrogens with zero attached hydrogens (tertiary/aromatic N) is 1. The second-order valence-electron chi connectivity index (χ2n) is 10.4. The Kier molecular flexibility index (Phi) is 2.57. The number of nitrogens with one attached hydrogen (secondary N) is 1. The van der Waals surface area contributed by atoms with Crippen LogP contribution in [0.15, 0.2) is 30.3 Å². The molecule has 3 unspecified atom stereocenters. The van der Waals surface area contributed by atoms with E-state index in [9.17, 15) is 0 Å². The summed E-state index contributed by atoms with van der Waals surface area (Å²) in [6.45, 7) is 9.71. The Hall–Kier alpha value is -2.29. The quantitative estimate of drug-likeness (QED) is 0.527. The van der Waals surface area contributed by atoms with Crippen LogP contribution in [0.3, 0.4) is 0 Å². The molecule has 3 atom stereocenters. The molecule has 1 aromatic heterocycles. The van der Waals surface area contributed by atoms with E-state index in [0.29, 0.717) is 5.92 Å². The number of anilines is 1. The van der Waals surface area contributed by atoms with Gasteiger partial charge in [-0.1, -0.05) is 39.8 Å². The lowest BCUT2D eigenvalue weighted by Gasteiger charge is -2.29. The summed E-state index contributed by atoms with van der Waals surface area (Å²) >= 11 is 0. The van der Waals surface area contributed by atoms with Crippen molar-refractivity contribution in [3.8, 4) is 11.4 Å². The Balaban J connectivity index is 1.73. The molecule has 3 nitrogen and oxygen atoms in total. The van der Waals surface area contributed by atoms with Gasteiger partial charge in [0.2, 0.25) is 0 Å². The van der Waals surface area contributed by atoms with E-state index in [0.717, 1.165) is 28.1 Å². The van der Waals surface area contributed by atoms with E-state index in [1.807, 2.05) is 6.07 Å². The van der Waals surface area contributed by atoms with E-state index in [4.69, 9.17) is 10.7 Å². The van der Waals surface area contributed by atoms with Crippen LogP contribution in [-0.2, 0) is 16.2 Å². The Bertz CT molecular complexity index is 1130. The van der Waals surface area contributed by atoms with Crippen molar-refractivity contribution in [1.29, 1.82) is 0 Å². The maximum atomic E-state index is 6.48. The summed E-state index contributed by atoms with van der Waals surface area (Å²) in [6, 6.07) is 11.1. The first-order valence-electron chi connectivity index (χ1n) is 10.2. The molecule has 2 heterocycles. The topological polar surface area (TPSA) is 54.7 Å². The van der Waals surface area contributed by atoms with Crippen molar-refractivity contribution in [2.24, 2.45) is 5.92 Å². The first kappa shape index (κ1) is 15.7. The average Bonchev–Trinajstić information content (AvgIpc) is 2.97. The van der Waals surface area contributed by atoms with Gasteiger partial charge in [0.25, 0.3) is 0 Å². The van der Waals surface area contributed by atoms with Crippen LogP contribution in [0.4, 0.5) is 5.69 Å². The Morgan fingerprint density at radius 1 is 1.04 bits per heavy atom. The molecule has 27 heavy (non-hydrogen) atoms. The van der Waals surface area contributed by atoms with Gasteiger partial charge in [0.05, 0.1) is 11.0 Å². The number of benzene rings is 2. The molecule has 2 aliphatic carbocycles. The van der Waals surface area contributed by atoms with Crippen LogP contribution in [0.25, 0.3) is 22.4 Å². The van der Waals surface area contributed by atoms with Crippen LogP contribution in [0, 0.1) is 5.92 Å². The highest BCUT2D eigenvalue weighted by atomic mass is 14.9. The largest absolute Gasteiger partial charge is 0.398 e. The fraction of sp³-hybridized carbons (Fsp3) is 0.458. The Morgan fingerprint density at radius 2 is 1.85 bits per heavy atom. The van der Waals surface area contributed by atoms with Gasteiger partial charge in [-0.25, -0.2) is 4.98 Å². The lowest BCUT2D eigenvalue weighted by atomic mass is 9.75. The van der Waals surface area contributed by atoms with Crippen molar-refractivity contribution < 1.29 is 0 Å². The third-order valence-corrected chi connectivity index (χ3v) is 7.89. The number of aromatic amines is 1. The van der Waals surface area contributed by atoms with Crippen LogP contribution in [0.2, 0.25) is 0 Å². The summed E-state index contributed by atoms with van der Waals surface area (Å²) in [5.41, 5.74) is 15.6. The maximum Gasteiger partial charge on any atom is 0.140 e. The SMILES string of the molecule is CC1(C)CC2(C)CC3CC3(C)c3cccc(N)c3-c3nc4cc2c1cc4[nH]3. The zero-order chi connectivity index (χ0) is 18.8. The van der Waals surface area contributed by atoms with Gasteiger partial charge in [0, 0.05) is 11.3 Å². The summed E-state index contributed by atoms with van der Waals surface area (Å²) < 4.78 is 0.